The van der Waals surface area contributed by atoms with E-state index in [0.717, 1.165) is 61.6 Å². The second-order valence-corrected chi connectivity index (χ2v) is 12.4. The molecule has 242 valence electrons. The molecule has 4 nitrogen and oxygen atoms in total. The largest absolute Gasteiger partial charge is 0.436 e. The van der Waals surface area contributed by atoms with Crippen LogP contribution in [-0.4, -0.2) is 4.98 Å². The van der Waals surface area contributed by atoms with E-state index in [0.29, 0.717) is 5.89 Å². The Morgan fingerprint density at radius 3 is 1.39 bits per heavy atom. The van der Waals surface area contributed by atoms with Crippen LogP contribution in [0.3, 0.4) is 0 Å². The number of anilines is 6. The molecular formula is C47H33N3O. The molecule has 0 unspecified atom stereocenters. The first kappa shape index (κ1) is 30.2. The zero-order valence-electron chi connectivity index (χ0n) is 27.8. The van der Waals surface area contributed by atoms with E-state index >= 15 is 0 Å². The maximum atomic E-state index is 6.42. The molecule has 1 aromatic heterocycles. The Kier molecular flexibility index (Phi) is 7.80. The average Bonchev–Trinajstić information content (AvgIpc) is 3.66. The van der Waals surface area contributed by atoms with Gasteiger partial charge in [0.1, 0.15) is 5.52 Å². The first-order valence-electron chi connectivity index (χ1n) is 17.1. The molecule has 4 heteroatoms. The van der Waals surface area contributed by atoms with Crippen LogP contribution in [0.1, 0.15) is 0 Å². The van der Waals surface area contributed by atoms with Gasteiger partial charge < -0.3 is 14.2 Å². The van der Waals surface area contributed by atoms with E-state index in [1.807, 2.05) is 36.4 Å². The third-order valence-corrected chi connectivity index (χ3v) is 9.25. The smallest absolute Gasteiger partial charge is 0.227 e. The van der Waals surface area contributed by atoms with Gasteiger partial charge in [-0.05, 0) is 96.1 Å². The number of rotatable bonds is 8. The molecule has 0 aliphatic heterocycles. The molecule has 0 aliphatic rings. The van der Waals surface area contributed by atoms with E-state index < -0.39 is 0 Å². The zero-order valence-corrected chi connectivity index (χ0v) is 27.8. The van der Waals surface area contributed by atoms with Crippen molar-refractivity contribution in [2.75, 3.05) is 9.80 Å². The van der Waals surface area contributed by atoms with E-state index in [1.54, 1.807) is 0 Å². The van der Waals surface area contributed by atoms with Crippen LogP contribution >= 0.6 is 0 Å². The van der Waals surface area contributed by atoms with Crippen molar-refractivity contribution in [1.29, 1.82) is 0 Å². The van der Waals surface area contributed by atoms with Crippen LogP contribution in [0.4, 0.5) is 34.1 Å². The number of fused-ring (bicyclic) bond motifs is 3. The molecule has 0 bridgehead atoms. The van der Waals surface area contributed by atoms with Crippen molar-refractivity contribution in [3.63, 3.8) is 0 Å². The SMILES string of the molecule is c1ccc(-c2ccc(N(c3ccccc3)c3cc(N(c4ccccc4)c4ccccc4)c4ccc5oc(-c6ccccc6)nc5c4c3)cc2)cc1. The van der Waals surface area contributed by atoms with E-state index in [2.05, 4.69) is 174 Å². The Bertz CT molecular complexity index is 2510. The number of hydrogen-bond acceptors (Lipinski definition) is 4. The summed E-state index contributed by atoms with van der Waals surface area (Å²) in [7, 11) is 0. The molecule has 0 fully saturated rings. The molecule has 1 heterocycles. The Morgan fingerprint density at radius 1 is 0.353 bits per heavy atom. The molecule has 9 rings (SSSR count). The van der Waals surface area contributed by atoms with Crippen molar-refractivity contribution in [2.24, 2.45) is 0 Å². The van der Waals surface area contributed by atoms with Crippen LogP contribution in [0.25, 0.3) is 44.5 Å². The lowest BCUT2D eigenvalue weighted by Crippen LogP contribution is -2.13. The van der Waals surface area contributed by atoms with E-state index in [4.69, 9.17) is 9.40 Å². The van der Waals surface area contributed by atoms with Crippen molar-refractivity contribution < 1.29 is 4.42 Å². The first-order valence-corrected chi connectivity index (χ1v) is 17.1. The third-order valence-electron chi connectivity index (χ3n) is 9.25. The topological polar surface area (TPSA) is 32.5 Å². The Morgan fingerprint density at radius 2 is 0.824 bits per heavy atom. The summed E-state index contributed by atoms with van der Waals surface area (Å²) in [6.45, 7) is 0. The van der Waals surface area contributed by atoms with Crippen molar-refractivity contribution >= 4 is 56.0 Å². The normalized spacial score (nSPS) is 11.1. The molecule has 0 aliphatic carbocycles. The fourth-order valence-corrected chi connectivity index (χ4v) is 6.85. The number of oxazole rings is 1. The lowest BCUT2D eigenvalue weighted by molar-refractivity contribution is 0.620. The van der Waals surface area contributed by atoms with Gasteiger partial charge in [0, 0.05) is 44.8 Å². The van der Waals surface area contributed by atoms with Gasteiger partial charge in [-0.1, -0.05) is 115 Å². The maximum absolute atomic E-state index is 6.42. The molecule has 0 spiro atoms. The molecule has 9 aromatic rings. The highest BCUT2D eigenvalue weighted by Gasteiger charge is 2.22. The van der Waals surface area contributed by atoms with Gasteiger partial charge >= 0.3 is 0 Å². The lowest BCUT2D eigenvalue weighted by atomic mass is 10.0. The number of nitrogens with zero attached hydrogens (tertiary/aromatic N) is 3. The third kappa shape index (κ3) is 5.79. The molecule has 0 saturated carbocycles. The lowest BCUT2D eigenvalue weighted by Gasteiger charge is -2.30. The van der Waals surface area contributed by atoms with Gasteiger partial charge in [0.25, 0.3) is 0 Å². The summed E-state index contributed by atoms with van der Waals surface area (Å²) < 4.78 is 6.42. The standard InChI is InChI=1S/C47H33N3O/c1-6-16-34(17-7-1)35-26-28-40(29-27-35)49(37-20-10-3-11-21-37)41-32-43-42(30-31-45-46(43)48-47(51-45)36-18-8-2-9-19-36)44(33-41)50(38-22-12-4-13-23-38)39-24-14-5-15-25-39/h1-33H. The summed E-state index contributed by atoms with van der Waals surface area (Å²) in [5.74, 6) is 0.601. The summed E-state index contributed by atoms with van der Waals surface area (Å²) in [5.41, 5.74) is 11.1. The van der Waals surface area contributed by atoms with Gasteiger partial charge in [-0.3, -0.25) is 0 Å². The summed E-state index contributed by atoms with van der Waals surface area (Å²) in [6.07, 6.45) is 0. The van der Waals surface area contributed by atoms with Gasteiger partial charge in [0.05, 0.1) is 5.69 Å². The van der Waals surface area contributed by atoms with Crippen molar-refractivity contribution in [2.45, 2.75) is 0 Å². The average molecular weight is 656 g/mol. The second kappa shape index (κ2) is 13.2. The van der Waals surface area contributed by atoms with Crippen molar-refractivity contribution in [1.82, 2.24) is 4.98 Å². The summed E-state index contributed by atoms with van der Waals surface area (Å²) in [5, 5.41) is 2.07. The highest BCUT2D eigenvalue weighted by molar-refractivity contribution is 6.12. The molecule has 0 amide bonds. The van der Waals surface area contributed by atoms with Gasteiger partial charge in [-0.25, -0.2) is 4.98 Å². The van der Waals surface area contributed by atoms with E-state index in [9.17, 15) is 0 Å². The van der Waals surface area contributed by atoms with E-state index in [1.165, 1.54) is 11.1 Å². The Hall–Kier alpha value is -6.91. The van der Waals surface area contributed by atoms with Gasteiger partial charge in [-0.15, -0.1) is 0 Å². The van der Waals surface area contributed by atoms with Gasteiger partial charge in [0.2, 0.25) is 5.89 Å². The van der Waals surface area contributed by atoms with Gasteiger partial charge in [0.15, 0.2) is 5.58 Å². The molecule has 51 heavy (non-hydrogen) atoms. The minimum Gasteiger partial charge on any atom is -0.436 e. The molecule has 0 saturated heterocycles. The highest BCUT2D eigenvalue weighted by atomic mass is 16.3. The van der Waals surface area contributed by atoms with Crippen LogP contribution in [0.5, 0.6) is 0 Å². The molecular weight excluding hydrogens is 623 g/mol. The minimum atomic E-state index is 0.601. The second-order valence-electron chi connectivity index (χ2n) is 12.4. The van der Waals surface area contributed by atoms with Gasteiger partial charge in [-0.2, -0.15) is 0 Å². The quantitative estimate of drug-likeness (QED) is 0.163. The number of aromatic nitrogens is 1. The highest BCUT2D eigenvalue weighted by Crippen LogP contribution is 2.46. The van der Waals surface area contributed by atoms with Crippen LogP contribution in [-0.2, 0) is 0 Å². The van der Waals surface area contributed by atoms with Crippen molar-refractivity contribution in [3.05, 3.63) is 200 Å². The predicted octanol–water partition coefficient (Wildman–Crippen LogP) is 13.3. The van der Waals surface area contributed by atoms with Crippen LogP contribution in [0, 0.1) is 0 Å². The predicted molar refractivity (Wildman–Crippen MR) is 212 cm³/mol. The number of benzene rings is 8. The monoisotopic (exact) mass is 655 g/mol. The number of hydrogen-bond donors (Lipinski definition) is 0. The summed E-state index contributed by atoms with van der Waals surface area (Å²) in [4.78, 5) is 9.80. The minimum absolute atomic E-state index is 0.601. The Balaban J connectivity index is 1.32. The fourth-order valence-electron chi connectivity index (χ4n) is 6.85. The molecule has 0 N–H and O–H groups in total. The Labute approximate surface area is 297 Å². The van der Waals surface area contributed by atoms with Crippen LogP contribution in [0.2, 0.25) is 0 Å². The molecule has 8 aromatic carbocycles. The first-order chi connectivity index (χ1) is 25.3. The summed E-state index contributed by atoms with van der Waals surface area (Å²) in [6, 6.07) is 69.8. The summed E-state index contributed by atoms with van der Waals surface area (Å²) >= 11 is 0. The zero-order chi connectivity index (χ0) is 34.0. The number of para-hydroxylation sites is 3. The van der Waals surface area contributed by atoms with Crippen molar-refractivity contribution in [3.8, 4) is 22.6 Å². The molecule has 0 atom stereocenters. The van der Waals surface area contributed by atoms with E-state index in [-0.39, 0.29) is 0 Å². The van der Waals surface area contributed by atoms with Crippen LogP contribution in [0.15, 0.2) is 205 Å². The molecule has 0 radical (unpaired) electrons. The van der Waals surface area contributed by atoms with Crippen LogP contribution < -0.4 is 9.80 Å². The maximum Gasteiger partial charge on any atom is 0.227 e. The fraction of sp³-hybridized carbons (Fsp3) is 0.